The van der Waals surface area contributed by atoms with E-state index in [0.717, 1.165) is 25.2 Å². The Hall–Kier alpha value is -0.570. The molecule has 1 fully saturated rings. The third-order valence-electron chi connectivity index (χ3n) is 3.42. The van der Waals surface area contributed by atoms with E-state index in [-0.39, 0.29) is 11.8 Å². The summed E-state index contributed by atoms with van der Waals surface area (Å²) >= 11 is 0. The summed E-state index contributed by atoms with van der Waals surface area (Å²) in [6.07, 6.45) is 5.41. The van der Waals surface area contributed by atoms with Gasteiger partial charge in [0.2, 0.25) is 5.91 Å². The van der Waals surface area contributed by atoms with E-state index < -0.39 is 0 Å². The van der Waals surface area contributed by atoms with Crippen LogP contribution in [0.1, 0.15) is 52.9 Å². The highest BCUT2D eigenvalue weighted by atomic mass is 16.1. The molecule has 0 heterocycles. The van der Waals surface area contributed by atoms with E-state index in [1.54, 1.807) is 0 Å². The molecule has 0 radical (unpaired) electrons. The van der Waals surface area contributed by atoms with Gasteiger partial charge in [-0.25, -0.2) is 0 Å². The Kier molecular flexibility index (Phi) is 5.26. The number of nitrogens with one attached hydrogen (secondary N) is 1. The van der Waals surface area contributed by atoms with E-state index in [1.807, 2.05) is 0 Å². The minimum Gasteiger partial charge on any atom is -0.369 e. The summed E-state index contributed by atoms with van der Waals surface area (Å²) in [5, 5.41) is 3.63. The number of carbonyl (C=O) groups is 1. The van der Waals surface area contributed by atoms with E-state index in [9.17, 15) is 4.79 Å². The number of hydrogen-bond acceptors (Lipinski definition) is 2. The van der Waals surface area contributed by atoms with Gasteiger partial charge in [-0.1, -0.05) is 20.3 Å². The van der Waals surface area contributed by atoms with Gasteiger partial charge in [-0.2, -0.15) is 0 Å². The normalized spacial score (nSPS) is 28.0. The lowest BCUT2D eigenvalue weighted by molar-refractivity contribution is -0.122. The molecule has 1 aliphatic rings. The van der Waals surface area contributed by atoms with Crippen molar-refractivity contribution in [3.05, 3.63) is 0 Å². The van der Waals surface area contributed by atoms with E-state index in [0.29, 0.717) is 12.1 Å². The molecule has 1 saturated carbocycles. The van der Waals surface area contributed by atoms with Crippen LogP contribution >= 0.6 is 0 Å². The van der Waals surface area contributed by atoms with E-state index >= 15 is 0 Å². The Morgan fingerprint density at radius 1 is 1.38 bits per heavy atom. The van der Waals surface area contributed by atoms with Crippen LogP contribution in [0.2, 0.25) is 0 Å². The van der Waals surface area contributed by atoms with Crippen LogP contribution in [0.25, 0.3) is 0 Å². The monoisotopic (exact) mass is 226 g/mol. The number of primary amides is 1. The maximum atomic E-state index is 11.2. The van der Waals surface area contributed by atoms with Gasteiger partial charge in [0.1, 0.15) is 0 Å². The van der Waals surface area contributed by atoms with Gasteiger partial charge < -0.3 is 11.1 Å². The van der Waals surface area contributed by atoms with Crippen LogP contribution in [0.3, 0.4) is 0 Å². The molecule has 3 nitrogen and oxygen atoms in total. The zero-order chi connectivity index (χ0) is 12.1. The van der Waals surface area contributed by atoms with Crippen molar-refractivity contribution in [2.45, 2.75) is 65.0 Å². The highest BCUT2D eigenvalue weighted by Crippen LogP contribution is 2.24. The van der Waals surface area contributed by atoms with E-state index in [2.05, 4.69) is 26.1 Å². The molecule has 1 aliphatic carbocycles. The lowest BCUT2D eigenvalue weighted by atomic mass is 9.85. The van der Waals surface area contributed by atoms with Crippen molar-refractivity contribution in [1.29, 1.82) is 0 Å². The van der Waals surface area contributed by atoms with Gasteiger partial charge >= 0.3 is 0 Å². The Labute approximate surface area is 99.2 Å². The minimum atomic E-state index is -0.122. The Morgan fingerprint density at radius 2 is 2.06 bits per heavy atom. The largest absolute Gasteiger partial charge is 0.369 e. The summed E-state index contributed by atoms with van der Waals surface area (Å²) < 4.78 is 0. The molecule has 3 N–H and O–H groups in total. The average Bonchev–Trinajstić information content (AvgIpc) is 2.16. The maximum absolute atomic E-state index is 11.2. The maximum Gasteiger partial charge on any atom is 0.220 e. The van der Waals surface area contributed by atoms with Crippen molar-refractivity contribution in [3.8, 4) is 0 Å². The van der Waals surface area contributed by atoms with Gasteiger partial charge in [0.25, 0.3) is 0 Å². The first-order valence-electron chi connectivity index (χ1n) is 6.54. The molecule has 0 aromatic carbocycles. The van der Waals surface area contributed by atoms with Gasteiger partial charge in [0.05, 0.1) is 0 Å². The fourth-order valence-corrected chi connectivity index (χ4v) is 2.78. The summed E-state index contributed by atoms with van der Waals surface area (Å²) in [6.45, 7) is 6.71. The molecule has 3 atom stereocenters. The third kappa shape index (κ3) is 4.52. The second-order valence-corrected chi connectivity index (χ2v) is 5.66. The highest BCUT2D eigenvalue weighted by Gasteiger charge is 2.26. The van der Waals surface area contributed by atoms with Crippen LogP contribution in [0.4, 0.5) is 0 Å². The first-order valence-corrected chi connectivity index (χ1v) is 6.54. The molecule has 16 heavy (non-hydrogen) atoms. The molecule has 0 spiro atoms. The van der Waals surface area contributed by atoms with Crippen LogP contribution in [0.15, 0.2) is 0 Å². The van der Waals surface area contributed by atoms with Gasteiger partial charge in [-0.05, 0) is 38.5 Å². The zero-order valence-electron chi connectivity index (χ0n) is 10.8. The Balaban J connectivity index is 2.34. The van der Waals surface area contributed by atoms with E-state index in [4.69, 9.17) is 5.73 Å². The number of nitrogens with two attached hydrogens (primary N) is 1. The number of hydrogen-bond donors (Lipinski definition) is 2. The first kappa shape index (κ1) is 13.5. The van der Waals surface area contributed by atoms with Gasteiger partial charge in [-0.15, -0.1) is 0 Å². The quantitative estimate of drug-likeness (QED) is 0.754. The lowest BCUT2D eigenvalue weighted by Crippen LogP contribution is -2.42. The number of carbonyl (C=O) groups excluding carboxylic acids is 1. The topological polar surface area (TPSA) is 55.1 Å². The number of rotatable bonds is 5. The smallest absolute Gasteiger partial charge is 0.220 e. The molecule has 94 valence electrons. The van der Waals surface area contributed by atoms with Crippen molar-refractivity contribution in [1.82, 2.24) is 5.32 Å². The average molecular weight is 226 g/mol. The first-order chi connectivity index (χ1) is 7.49. The molecule has 3 unspecified atom stereocenters. The molecule has 0 aromatic rings. The summed E-state index contributed by atoms with van der Waals surface area (Å²) in [5.74, 6) is 0.693. The fourth-order valence-electron chi connectivity index (χ4n) is 2.78. The summed E-state index contributed by atoms with van der Waals surface area (Å²) in [5.41, 5.74) is 5.37. The standard InChI is InChI=1S/C13H26N2O/c1-9(2)7-10(3)15-12-6-4-5-11(8-12)13(14)16/h9-12,15H,4-8H2,1-3H3,(H2,14,16). The molecular weight excluding hydrogens is 200 g/mol. The highest BCUT2D eigenvalue weighted by molar-refractivity contribution is 5.76. The second-order valence-electron chi connectivity index (χ2n) is 5.66. The SMILES string of the molecule is CC(C)CC(C)NC1CCCC(C(N)=O)C1. The minimum absolute atomic E-state index is 0.0949. The van der Waals surface area contributed by atoms with Gasteiger partial charge in [-0.3, -0.25) is 4.79 Å². The molecular formula is C13H26N2O. The zero-order valence-corrected chi connectivity index (χ0v) is 10.8. The van der Waals surface area contributed by atoms with Crippen molar-refractivity contribution in [3.63, 3.8) is 0 Å². The van der Waals surface area contributed by atoms with Crippen LogP contribution in [-0.4, -0.2) is 18.0 Å². The van der Waals surface area contributed by atoms with Gasteiger partial charge in [0, 0.05) is 18.0 Å². The summed E-state index contributed by atoms with van der Waals surface area (Å²) in [7, 11) is 0. The number of amides is 1. The Morgan fingerprint density at radius 3 is 2.62 bits per heavy atom. The van der Waals surface area contributed by atoms with E-state index in [1.165, 1.54) is 12.8 Å². The molecule has 0 aliphatic heterocycles. The van der Waals surface area contributed by atoms with Gasteiger partial charge in [0.15, 0.2) is 0 Å². The predicted molar refractivity (Wildman–Crippen MR) is 67.0 cm³/mol. The molecule has 1 rings (SSSR count). The molecule has 0 saturated heterocycles. The van der Waals surface area contributed by atoms with Crippen LogP contribution < -0.4 is 11.1 Å². The summed E-state index contributed by atoms with van der Waals surface area (Å²) in [6, 6.07) is 1.02. The molecule has 1 amide bonds. The summed E-state index contributed by atoms with van der Waals surface area (Å²) in [4.78, 5) is 11.2. The van der Waals surface area contributed by atoms with Crippen molar-refractivity contribution < 1.29 is 4.79 Å². The Bertz CT molecular complexity index is 228. The van der Waals surface area contributed by atoms with Crippen molar-refractivity contribution in [2.24, 2.45) is 17.6 Å². The second kappa shape index (κ2) is 6.24. The van der Waals surface area contributed by atoms with Crippen LogP contribution in [-0.2, 0) is 4.79 Å². The molecule has 3 heteroatoms. The van der Waals surface area contributed by atoms with Crippen molar-refractivity contribution in [2.75, 3.05) is 0 Å². The molecule has 0 bridgehead atoms. The molecule has 0 aromatic heterocycles. The fraction of sp³-hybridized carbons (Fsp3) is 0.923. The third-order valence-corrected chi connectivity index (χ3v) is 3.42. The predicted octanol–water partition coefficient (Wildman–Crippen LogP) is 2.05. The van der Waals surface area contributed by atoms with Crippen LogP contribution in [0.5, 0.6) is 0 Å². The van der Waals surface area contributed by atoms with Crippen LogP contribution in [0, 0.1) is 11.8 Å². The van der Waals surface area contributed by atoms with Crippen molar-refractivity contribution >= 4 is 5.91 Å². The lowest BCUT2D eigenvalue weighted by Gasteiger charge is -2.31.